The van der Waals surface area contributed by atoms with E-state index in [-0.39, 0.29) is 0 Å². The maximum absolute atomic E-state index is 5.67. The topological polar surface area (TPSA) is 80.5 Å². The Bertz CT molecular complexity index is 1170. The van der Waals surface area contributed by atoms with Gasteiger partial charge < -0.3 is 9.40 Å². The zero-order chi connectivity index (χ0) is 20.1. The van der Waals surface area contributed by atoms with Gasteiger partial charge >= 0.3 is 0 Å². The van der Waals surface area contributed by atoms with Gasteiger partial charge in [0.15, 0.2) is 11.6 Å². The Balaban J connectivity index is 1.43. The SMILES string of the molecule is C[C@H]1C2CCC(CC2)[C@@H]1Cc1cc(-c2ccco2)nc(-c2c[nH]c3ncncc23)n1. The van der Waals surface area contributed by atoms with Crippen molar-refractivity contribution in [2.75, 3.05) is 0 Å². The molecule has 30 heavy (non-hydrogen) atoms. The number of fused-ring (bicyclic) bond motifs is 4. The number of H-pyrrole nitrogens is 1. The van der Waals surface area contributed by atoms with E-state index in [1.807, 2.05) is 24.5 Å². The summed E-state index contributed by atoms with van der Waals surface area (Å²) >= 11 is 0. The molecular weight excluding hydrogens is 374 g/mol. The van der Waals surface area contributed by atoms with Gasteiger partial charge in [0, 0.05) is 29.0 Å². The Morgan fingerprint density at radius 1 is 1.13 bits per heavy atom. The molecule has 2 atom stereocenters. The number of nitrogens with zero attached hydrogens (tertiary/aromatic N) is 4. The van der Waals surface area contributed by atoms with Gasteiger partial charge in [-0.15, -0.1) is 0 Å². The number of rotatable bonds is 4. The summed E-state index contributed by atoms with van der Waals surface area (Å²) in [5, 5.41) is 0.935. The summed E-state index contributed by atoms with van der Waals surface area (Å²) in [6, 6.07) is 5.97. The third-order valence-electron chi connectivity index (χ3n) is 7.44. The minimum absolute atomic E-state index is 0.702. The van der Waals surface area contributed by atoms with Crippen LogP contribution in [0, 0.1) is 23.7 Å². The minimum Gasteiger partial charge on any atom is -0.463 e. The molecule has 4 aromatic heterocycles. The van der Waals surface area contributed by atoms with Crippen molar-refractivity contribution in [2.45, 2.75) is 39.0 Å². The van der Waals surface area contributed by atoms with Crippen LogP contribution in [-0.2, 0) is 6.42 Å². The highest BCUT2D eigenvalue weighted by molar-refractivity contribution is 5.91. The Kier molecular flexibility index (Phi) is 4.18. The molecule has 3 aliphatic rings. The van der Waals surface area contributed by atoms with Gasteiger partial charge in [0.25, 0.3) is 0 Å². The van der Waals surface area contributed by atoms with E-state index in [9.17, 15) is 0 Å². The summed E-state index contributed by atoms with van der Waals surface area (Å²) in [6.45, 7) is 2.45. The first-order valence-corrected chi connectivity index (χ1v) is 11.0. The monoisotopic (exact) mass is 399 g/mol. The molecule has 0 amide bonds. The third-order valence-corrected chi connectivity index (χ3v) is 7.44. The second-order valence-electron chi connectivity index (χ2n) is 8.93. The van der Waals surface area contributed by atoms with Crippen molar-refractivity contribution in [1.29, 1.82) is 0 Å². The summed E-state index contributed by atoms with van der Waals surface area (Å²) in [6.07, 6.45) is 13.6. The Morgan fingerprint density at radius 3 is 2.80 bits per heavy atom. The minimum atomic E-state index is 0.702. The quantitative estimate of drug-likeness (QED) is 0.504. The number of aromatic nitrogens is 5. The zero-order valence-electron chi connectivity index (χ0n) is 17.1. The largest absolute Gasteiger partial charge is 0.463 e. The number of furan rings is 1. The first-order valence-electron chi connectivity index (χ1n) is 11.0. The van der Waals surface area contributed by atoms with Crippen LogP contribution in [0.1, 0.15) is 38.3 Å². The molecular formula is C24H25N5O. The molecule has 0 saturated heterocycles. The molecule has 0 aromatic carbocycles. The molecule has 6 heteroatoms. The maximum atomic E-state index is 5.67. The second kappa shape index (κ2) is 7.04. The van der Waals surface area contributed by atoms with Crippen LogP contribution in [0.15, 0.2) is 47.6 Å². The lowest BCUT2D eigenvalue weighted by atomic mass is 9.58. The highest BCUT2D eigenvalue weighted by atomic mass is 16.3. The van der Waals surface area contributed by atoms with Crippen LogP contribution in [0.25, 0.3) is 33.9 Å². The average molecular weight is 399 g/mol. The lowest BCUT2D eigenvalue weighted by Gasteiger charge is -2.47. The van der Waals surface area contributed by atoms with Gasteiger partial charge in [-0.3, -0.25) is 0 Å². The standard InChI is InChI=1S/C24H25N5O/c1-14-15-4-6-16(7-5-15)18(14)9-17-10-21(22-3-2-8-30-22)29-24(28-17)20-12-26-23-19(20)11-25-13-27-23/h2-3,8,10-16,18H,4-7,9H2,1H3,(H,25,26,27)/t14-,15?,16?,18+/m0/s1. The molecule has 4 heterocycles. The van der Waals surface area contributed by atoms with Gasteiger partial charge in [-0.25, -0.2) is 19.9 Å². The molecule has 1 N–H and O–H groups in total. The van der Waals surface area contributed by atoms with Crippen molar-refractivity contribution in [3.63, 3.8) is 0 Å². The molecule has 3 saturated carbocycles. The second-order valence-corrected chi connectivity index (χ2v) is 8.93. The molecule has 6 nitrogen and oxygen atoms in total. The van der Waals surface area contributed by atoms with E-state index in [1.165, 1.54) is 25.7 Å². The lowest BCUT2D eigenvalue weighted by molar-refractivity contribution is 0.0339. The van der Waals surface area contributed by atoms with Gasteiger partial charge in [-0.2, -0.15) is 0 Å². The van der Waals surface area contributed by atoms with Crippen molar-refractivity contribution in [1.82, 2.24) is 24.9 Å². The van der Waals surface area contributed by atoms with Gasteiger partial charge in [0.1, 0.15) is 17.7 Å². The Hall–Kier alpha value is -3.02. The molecule has 2 bridgehead atoms. The summed E-state index contributed by atoms with van der Waals surface area (Å²) in [7, 11) is 0. The van der Waals surface area contributed by atoms with E-state index in [4.69, 9.17) is 14.4 Å². The first kappa shape index (κ1) is 17.8. The molecule has 0 spiro atoms. The van der Waals surface area contributed by atoms with Crippen LogP contribution in [0.5, 0.6) is 0 Å². The molecule has 3 aliphatic carbocycles. The highest BCUT2D eigenvalue weighted by Gasteiger charge is 2.41. The zero-order valence-corrected chi connectivity index (χ0v) is 17.1. The van der Waals surface area contributed by atoms with Crippen molar-refractivity contribution < 1.29 is 4.42 Å². The van der Waals surface area contributed by atoms with E-state index in [1.54, 1.807) is 12.6 Å². The predicted octanol–water partition coefficient (Wildman–Crippen LogP) is 5.29. The van der Waals surface area contributed by atoms with E-state index in [0.717, 1.165) is 57.9 Å². The van der Waals surface area contributed by atoms with Crippen LogP contribution in [0.3, 0.4) is 0 Å². The predicted molar refractivity (Wildman–Crippen MR) is 114 cm³/mol. The van der Waals surface area contributed by atoms with Crippen LogP contribution in [-0.4, -0.2) is 24.9 Å². The number of hydrogen-bond donors (Lipinski definition) is 1. The summed E-state index contributed by atoms with van der Waals surface area (Å²) in [5.74, 6) is 4.66. The number of aromatic amines is 1. The molecule has 7 rings (SSSR count). The van der Waals surface area contributed by atoms with E-state index >= 15 is 0 Å². The summed E-state index contributed by atoms with van der Waals surface area (Å²) in [5.41, 5.74) is 3.66. The van der Waals surface area contributed by atoms with Crippen LogP contribution in [0.4, 0.5) is 0 Å². The van der Waals surface area contributed by atoms with Gasteiger partial charge in [0.05, 0.1) is 6.26 Å². The average Bonchev–Trinajstić information content (AvgIpc) is 3.47. The van der Waals surface area contributed by atoms with Crippen LogP contribution >= 0.6 is 0 Å². The smallest absolute Gasteiger partial charge is 0.162 e. The van der Waals surface area contributed by atoms with Crippen LogP contribution in [0.2, 0.25) is 0 Å². The van der Waals surface area contributed by atoms with Gasteiger partial charge in [-0.1, -0.05) is 6.92 Å². The maximum Gasteiger partial charge on any atom is 0.162 e. The highest BCUT2D eigenvalue weighted by Crippen LogP contribution is 2.49. The fourth-order valence-electron chi connectivity index (χ4n) is 5.79. The molecule has 152 valence electrons. The van der Waals surface area contributed by atoms with Crippen molar-refractivity contribution >= 4 is 11.0 Å². The lowest BCUT2D eigenvalue weighted by Crippen LogP contribution is -2.39. The molecule has 0 radical (unpaired) electrons. The van der Waals surface area contributed by atoms with E-state index in [2.05, 4.69) is 27.9 Å². The Labute approximate surface area is 175 Å². The number of nitrogens with one attached hydrogen (secondary N) is 1. The third kappa shape index (κ3) is 2.93. The van der Waals surface area contributed by atoms with Gasteiger partial charge in [-0.05, 0) is 74.0 Å². The summed E-state index contributed by atoms with van der Waals surface area (Å²) in [4.78, 5) is 21.6. The van der Waals surface area contributed by atoms with Crippen molar-refractivity contribution in [3.8, 4) is 22.8 Å². The first-order chi connectivity index (χ1) is 14.8. The van der Waals surface area contributed by atoms with Crippen LogP contribution < -0.4 is 0 Å². The molecule has 0 unspecified atom stereocenters. The van der Waals surface area contributed by atoms with Crippen molar-refractivity contribution in [3.05, 3.63) is 48.9 Å². The number of hydrogen-bond acceptors (Lipinski definition) is 5. The summed E-state index contributed by atoms with van der Waals surface area (Å²) < 4.78 is 5.67. The van der Waals surface area contributed by atoms with E-state index < -0.39 is 0 Å². The Morgan fingerprint density at radius 2 is 2.00 bits per heavy atom. The fraction of sp³-hybridized carbons (Fsp3) is 0.417. The molecule has 0 aliphatic heterocycles. The fourth-order valence-corrected chi connectivity index (χ4v) is 5.79. The van der Waals surface area contributed by atoms with Gasteiger partial charge in [0.2, 0.25) is 0 Å². The molecule has 3 fully saturated rings. The normalized spacial score (nSPS) is 25.8. The van der Waals surface area contributed by atoms with Crippen molar-refractivity contribution in [2.24, 2.45) is 23.7 Å². The molecule has 4 aromatic rings. The van der Waals surface area contributed by atoms with E-state index in [0.29, 0.717) is 11.7 Å².